The van der Waals surface area contributed by atoms with Gasteiger partial charge in [-0.2, -0.15) is 0 Å². The van der Waals surface area contributed by atoms with Gasteiger partial charge in [-0.1, -0.05) is 11.2 Å². The number of aromatic nitrogens is 2. The van der Waals surface area contributed by atoms with Crippen molar-refractivity contribution in [1.82, 2.24) is 20.8 Å². The zero-order chi connectivity index (χ0) is 15.9. The summed E-state index contributed by atoms with van der Waals surface area (Å²) in [6.45, 7) is 5.06. The van der Waals surface area contributed by atoms with E-state index in [1.54, 1.807) is 20.4 Å². The maximum absolute atomic E-state index is 5.14. The molecule has 2 aromatic rings. The number of rotatable bonds is 5. The Morgan fingerprint density at radius 2 is 2.00 bits per heavy atom. The van der Waals surface area contributed by atoms with Crippen LogP contribution in [0.25, 0.3) is 0 Å². The van der Waals surface area contributed by atoms with Gasteiger partial charge in [0.25, 0.3) is 0 Å². The van der Waals surface area contributed by atoms with Gasteiger partial charge in [0.2, 0.25) is 5.88 Å². The van der Waals surface area contributed by atoms with E-state index in [4.69, 9.17) is 9.26 Å². The molecule has 0 saturated carbocycles. The average Bonchev–Trinajstić information content (AvgIpc) is 2.87. The molecule has 0 fully saturated rings. The number of pyridine rings is 1. The highest BCUT2D eigenvalue weighted by Crippen LogP contribution is 2.11. The van der Waals surface area contributed by atoms with Gasteiger partial charge in [-0.05, 0) is 19.4 Å². The Kier molecular flexibility index (Phi) is 7.79. The molecule has 0 aliphatic rings. The van der Waals surface area contributed by atoms with Crippen LogP contribution in [0.3, 0.4) is 0 Å². The molecule has 0 bridgehead atoms. The normalized spacial score (nSPS) is 10.9. The van der Waals surface area contributed by atoms with Crippen LogP contribution in [-0.2, 0) is 13.1 Å². The number of aryl methyl sites for hydroxylation is 2. The Balaban J connectivity index is 0.00000264. The Labute approximate surface area is 152 Å². The zero-order valence-corrected chi connectivity index (χ0v) is 16.0. The predicted molar refractivity (Wildman–Crippen MR) is 99.2 cm³/mol. The maximum atomic E-state index is 5.14. The Hall–Kier alpha value is -1.84. The summed E-state index contributed by atoms with van der Waals surface area (Å²) in [6, 6.07) is 3.79. The van der Waals surface area contributed by atoms with E-state index in [1.165, 1.54) is 0 Å². The number of methoxy groups -OCH3 is 1. The largest absolute Gasteiger partial charge is 0.481 e. The van der Waals surface area contributed by atoms with Crippen LogP contribution in [0.5, 0.6) is 5.88 Å². The second-order valence-corrected chi connectivity index (χ2v) is 4.79. The molecule has 2 N–H and O–H groups in total. The summed E-state index contributed by atoms with van der Waals surface area (Å²) in [7, 11) is 3.33. The quantitative estimate of drug-likeness (QED) is 0.429. The molecular weight excluding hydrogens is 409 g/mol. The third kappa shape index (κ3) is 5.38. The molecule has 0 unspecified atom stereocenters. The number of nitrogens with zero attached hydrogens (tertiary/aromatic N) is 3. The van der Waals surface area contributed by atoms with Crippen LogP contribution in [0.15, 0.2) is 27.8 Å². The molecule has 8 heteroatoms. The van der Waals surface area contributed by atoms with E-state index >= 15 is 0 Å². The van der Waals surface area contributed by atoms with Crippen molar-refractivity contribution in [3.63, 3.8) is 0 Å². The van der Waals surface area contributed by atoms with Gasteiger partial charge in [0.1, 0.15) is 5.76 Å². The molecular formula is C15H22IN5O2. The number of ether oxygens (including phenoxy) is 1. The lowest BCUT2D eigenvalue weighted by molar-refractivity contribution is 0.392. The second kappa shape index (κ2) is 9.33. The summed E-state index contributed by atoms with van der Waals surface area (Å²) in [4.78, 5) is 8.36. The van der Waals surface area contributed by atoms with Crippen molar-refractivity contribution >= 4 is 29.9 Å². The molecule has 2 aromatic heterocycles. The maximum Gasteiger partial charge on any atom is 0.212 e. The Morgan fingerprint density at radius 3 is 2.52 bits per heavy atom. The van der Waals surface area contributed by atoms with Crippen LogP contribution < -0.4 is 15.4 Å². The van der Waals surface area contributed by atoms with Crippen molar-refractivity contribution < 1.29 is 9.26 Å². The van der Waals surface area contributed by atoms with Crippen LogP contribution in [0.2, 0.25) is 0 Å². The summed E-state index contributed by atoms with van der Waals surface area (Å²) in [5.74, 6) is 2.13. The van der Waals surface area contributed by atoms with Gasteiger partial charge in [0, 0.05) is 38.0 Å². The van der Waals surface area contributed by atoms with Crippen LogP contribution >= 0.6 is 24.0 Å². The molecule has 23 heavy (non-hydrogen) atoms. The minimum atomic E-state index is 0. The number of hydrogen-bond donors (Lipinski definition) is 2. The summed E-state index contributed by atoms with van der Waals surface area (Å²) in [6.07, 6.45) is 1.77. The Morgan fingerprint density at radius 1 is 1.26 bits per heavy atom. The summed E-state index contributed by atoms with van der Waals surface area (Å²) < 4.78 is 10.2. The van der Waals surface area contributed by atoms with Crippen LogP contribution in [0.1, 0.15) is 22.6 Å². The van der Waals surface area contributed by atoms with Crippen molar-refractivity contribution in [3.8, 4) is 5.88 Å². The van der Waals surface area contributed by atoms with E-state index < -0.39 is 0 Å². The second-order valence-electron chi connectivity index (χ2n) is 4.79. The van der Waals surface area contributed by atoms with E-state index in [1.807, 2.05) is 26.0 Å². The van der Waals surface area contributed by atoms with Gasteiger partial charge in [0.05, 0.1) is 12.8 Å². The van der Waals surface area contributed by atoms with E-state index in [-0.39, 0.29) is 24.0 Å². The molecule has 126 valence electrons. The van der Waals surface area contributed by atoms with Crippen molar-refractivity contribution in [3.05, 3.63) is 40.9 Å². The van der Waals surface area contributed by atoms with E-state index in [0.29, 0.717) is 24.9 Å². The smallest absolute Gasteiger partial charge is 0.212 e. The predicted octanol–water partition coefficient (Wildman–Crippen LogP) is 2.18. The molecule has 2 heterocycles. The first-order valence-corrected chi connectivity index (χ1v) is 6.99. The molecule has 0 aliphatic carbocycles. The van der Waals surface area contributed by atoms with Crippen molar-refractivity contribution in [2.45, 2.75) is 26.9 Å². The number of hydrogen-bond acceptors (Lipinski definition) is 5. The van der Waals surface area contributed by atoms with Gasteiger partial charge < -0.3 is 19.9 Å². The molecule has 7 nitrogen and oxygen atoms in total. The Bertz CT molecular complexity index is 620. The van der Waals surface area contributed by atoms with E-state index in [0.717, 1.165) is 22.6 Å². The van der Waals surface area contributed by atoms with E-state index in [9.17, 15) is 0 Å². The minimum Gasteiger partial charge on any atom is -0.481 e. The molecule has 0 aliphatic heterocycles. The van der Waals surface area contributed by atoms with Gasteiger partial charge in [-0.3, -0.25) is 4.99 Å². The molecule has 0 amide bonds. The molecule has 0 atom stereocenters. The third-order valence-electron chi connectivity index (χ3n) is 3.30. The van der Waals surface area contributed by atoms with Crippen molar-refractivity contribution in [2.75, 3.05) is 14.2 Å². The fourth-order valence-electron chi connectivity index (χ4n) is 1.97. The van der Waals surface area contributed by atoms with Crippen LogP contribution in [0, 0.1) is 13.8 Å². The lowest BCUT2D eigenvalue weighted by Crippen LogP contribution is -2.36. The number of aliphatic imine (C=N–C) groups is 1. The van der Waals surface area contributed by atoms with Crippen molar-refractivity contribution in [1.29, 1.82) is 0 Å². The van der Waals surface area contributed by atoms with Crippen LogP contribution in [-0.4, -0.2) is 30.3 Å². The molecule has 0 aromatic carbocycles. The monoisotopic (exact) mass is 431 g/mol. The summed E-state index contributed by atoms with van der Waals surface area (Å²) in [5, 5.41) is 10.4. The topological polar surface area (TPSA) is 84.6 Å². The number of guanidine groups is 1. The van der Waals surface area contributed by atoms with Crippen molar-refractivity contribution in [2.24, 2.45) is 4.99 Å². The first kappa shape index (κ1) is 19.2. The van der Waals surface area contributed by atoms with Crippen LogP contribution in [0.4, 0.5) is 0 Å². The van der Waals surface area contributed by atoms with E-state index in [2.05, 4.69) is 25.8 Å². The standard InChI is InChI=1S/C15H21N5O2.HI/c1-10-13(11(2)22-20-10)9-19-15(16-3)18-8-12-5-6-14(21-4)17-7-12;/h5-7H,8-9H2,1-4H3,(H2,16,18,19);1H. The average molecular weight is 431 g/mol. The first-order chi connectivity index (χ1) is 10.6. The van der Waals surface area contributed by atoms with Gasteiger partial charge in [-0.15, -0.1) is 24.0 Å². The number of halogens is 1. The molecule has 0 saturated heterocycles. The molecule has 0 spiro atoms. The highest BCUT2D eigenvalue weighted by Gasteiger charge is 2.09. The lowest BCUT2D eigenvalue weighted by Gasteiger charge is -2.11. The highest BCUT2D eigenvalue weighted by atomic mass is 127. The summed E-state index contributed by atoms with van der Waals surface area (Å²) >= 11 is 0. The minimum absolute atomic E-state index is 0. The lowest BCUT2D eigenvalue weighted by atomic mass is 10.2. The van der Waals surface area contributed by atoms with Gasteiger partial charge >= 0.3 is 0 Å². The van der Waals surface area contributed by atoms with Gasteiger partial charge in [-0.25, -0.2) is 4.98 Å². The summed E-state index contributed by atoms with van der Waals surface area (Å²) in [5.41, 5.74) is 2.98. The SMILES string of the molecule is CN=C(NCc1ccc(OC)nc1)NCc1c(C)noc1C.I. The van der Waals surface area contributed by atoms with Gasteiger partial charge in [0.15, 0.2) is 5.96 Å². The first-order valence-electron chi connectivity index (χ1n) is 6.99. The molecule has 2 rings (SSSR count). The zero-order valence-electron chi connectivity index (χ0n) is 13.7. The fraction of sp³-hybridized carbons (Fsp3) is 0.400. The highest BCUT2D eigenvalue weighted by molar-refractivity contribution is 14.0. The molecule has 0 radical (unpaired) electrons. The third-order valence-corrected chi connectivity index (χ3v) is 3.30. The number of nitrogens with one attached hydrogen (secondary N) is 2. The fourth-order valence-corrected chi connectivity index (χ4v) is 1.97.